The highest BCUT2D eigenvalue weighted by molar-refractivity contribution is 7.89. The molecule has 3 aromatic rings. The van der Waals surface area contributed by atoms with Crippen LogP contribution in [0.25, 0.3) is 11.0 Å². The van der Waals surface area contributed by atoms with E-state index in [1.807, 2.05) is 4.72 Å². The van der Waals surface area contributed by atoms with Crippen molar-refractivity contribution in [2.75, 3.05) is 6.54 Å². The molecule has 0 saturated heterocycles. The molecule has 1 atom stereocenters. The molecule has 5 nitrogen and oxygen atoms in total. The second kappa shape index (κ2) is 8.12. The zero-order chi connectivity index (χ0) is 22.3. The summed E-state index contributed by atoms with van der Waals surface area (Å²) in [5.41, 5.74) is -0.969. The van der Waals surface area contributed by atoms with Gasteiger partial charge >= 0.3 is 12.7 Å². The Morgan fingerprint density at radius 1 is 1.17 bits per heavy atom. The summed E-state index contributed by atoms with van der Waals surface area (Å²) in [7, 11) is -4.61. The van der Waals surface area contributed by atoms with Crippen LogP contribution in [0.4, 0.5) is 22.0 Å². The van der Waals surface area contributed by atoms with Crippen molar-refractivity contribution >= 4 is 32.7 Å². The van der Waals surface area contributed by atoms with E-state index in [4.69, 9.17) is 11.6 Å². The minimum absolute atomic E-state index is 0.0962. The number of aromatic nitrogens is 2. The molecule has 30 heavy (non-hydrogen) atoms. The van der Waals surface area contributed by atoms with Crippen LogP contribution in [-0.2, 0) is 16.2 Å². The standard InChI is InChI=1S/C18H15ClF5N3O2S/c1-10(16-26-13-4-2-3-5-14(13)27(16)17(20)21)9-25-30(28,29)15-7-6-11(19)8-12(15)18(22,23)24/h2-8,10,17,25H,9H2,1H3/t10-/m0/s1. The Morgan fingerprint density at radius 3 is 2.47 bits per heavy atom. The van der Waals surface area contributed by atoms with Gasteiger partial charge in [0.15, 0.2) is 0 Å². The van der Waals surface area contributed by atoms with Gasteiger partial charge in [0, 0.05) is 17.5 Å². The number of fused-ring (bicyclic) bond motifs is 1. The number of nitrogens with one attached hydrogen (secondary N) is 1. The van der Waals surface area contributed by atoms with Crippen molar-refractivity contribution < 1.29 is 30.4 Å². The number of rotatable bonds is 6. The molecule has 0 aliphatic heterocycles. The summed E-state index contributed by atoms with van der Waals surface area (Å²) in [6.45, 7) is -1.94. The molecule has 0 unspecified atom stereocenters. The summed E-state index contributed by atoms with van der Waals surface area (Å²) in [6.07, 6.45) is -4.95. The van der Waals surface area contributed by atoms with Gasteiger partial charge in [0.25, 0.3) is 0 Å². The Hall–Kier alpha value is -2.24. The molecule has 0 aliphatic carbocycles. The van der Waals surface area contributed by atoms with Gasteiger partial charge in [-0.15, -0.1) is 0 Å². The van der Waals surface area contributed by atoms with Crippen molar-refractivity contribution in [3.05, 3.63) is 58.9 Å². The number of hydrogen-bond donors (Lipinski definition) is 1. The number of hydrogen-bond acceptors (Lipinski definition) is 3. The summed E-state index contributed by atoms with van der Waals surface area (Å²) in [5.74, 6) is -0.955. The van der Waals surface area contributed by atoms with Crippen LogP contribution in [0.1, 0.15) is 30.8 Å². The lowest BCUT2D eigenvalue weighted by atomic mass is 10.2. The second-order valence-electron chi connectivity index (χ2n) is 6.50. The predicted octanol–water partition coefficient (Wildman–Crippen LogP) is 5.19. The van der Waals surface area contributed by atoms with Crippen molar-refractivity contribution in [1.82, 2.24) is 14.3 Å². The van der Waals surface area contributed by atoms with E-state index in [0.717, 1.165) is 12.1 Å². The highest BCUT2D eigenvalue weighted by Crippen LogP contribution is 2.36. The number of alkyl halides is 5. The van der Waals surface area contributed by atoms with Gasteiger partial charge in [-0.2, -0.15) is 22.0 Å². The van der Waals surface area contributed by atoms with Gasteiger partial charge < -0.3 is 0 Å². The van der Waals surface area contributed by atoms with Crippen LogP contribution in [0.15, 0.2) is 47.4 Å². The van der Waals surface area contributed by atoms with Gasteiger partial charge in [0.05, 0.1) is 21.5 Å². The molecule has 0 amide bonds. The Balaban J connectivity index is 1.91. The Morgan fingerprint density at radius 2 is 1.83 bits per heavy atom. The van der Waals surface area contributed by atoms with Gasteiger partial charge in [-0.1, -0.05) is 30.7 Å². The maximum atomic E-state index is 13.6. The van der Waals surface area contributed by atoms with Crippen molar-refractivity contribution in [2.24, 2.45) is 0 Å². The number of imidazole rings is 1. The molecule has 1 N–H and O–H groups in total. The van der Waals surface area contributed by atoms with E-state index in [2.05, 4.69) is 4.98 Å². The first-order valence-electron chi connectivity index (χ1n) is 8.53. The molecule has 0 fully saturated rings. The smallest absolute Gasteiger partial charge is 0.270 e. The first-order chi connectivity index (χ1) is 13.9. The molecule has 0 radical (unpaired) electrons. The molecule has 1 heterocycles. The summed E-state index contributed by atoms with van der Waals surface area (Å²) in [5, 5.41) is -0.278. The Labute approximate surface area is 173 Å². The molecule has 0 bridgehead atoms. The summed E-state index contributed by atoms with van der Waals surface area (Å²) < 4.78 is 94.6. The van der Waals surface area contributed by atoms with Crippen molar-refractivity contribution in [3.8, 4) is 0 Å². The number of nitrogens with zero attached hydrogens (tertiary/aromatic N) is 2. The average Bonchev–Trinajstić information content (AvgIpc) is 3.05. The molecule has 3 rings (SSSR count). The first-order valence-corrected chi connectivity index (χ1v) is 10.4. The van der Waals surface area contributed by atoms with Crippen LogP contribution < -0.4 is 4.72 Å². The Kier molecular flexibility index (Phi) is 6.08. The fourth-order valence-electron chi connectivity index (χ4n) is 2.98. The number of sulfonamides is 1. The van der Waals surface area contributed by atoms with Gasteiger partial charge in [-0.05, 0) is 30.3 Å². The van der Waals surface area contributed by atoms with Crippen LogP contribution in [0.2, 0.25) is 5.02 Å². The van der Waals surface area contributed by atoms with Crippen molar-refractivity contribution in [1.29, 1.82) is 0 Å². The van der Waals surface area contributed by atoms with Gasteiger partial charge in [-0.3, -0.25) is 4.57 Å². The third-order valence-corrected chi connectivity index (χ3v) is 6.09. The van der Waals surface area contributed by atoms with Crippen LogP contribution >= 0.6 is 11.6 Å². The molecule has 1 aromatic heterocycles. The van der Waals surface area contributed by atoms with Crippen LogP contribution in [0, 0.1) is 0 Å². The average molecular weight is 468 g/mol. The largest absolute Gasteiger partial charge is 0.417 e. The first kappa shape index (κ1) is 22.4. The molecule has 0 spiro atoms. The fraction of sp³-hybridized carbons (Fsp3) is 0.278. The quantitative estimate of drug-likeness (QED) is 0.508. The zero-order valence-electron chi connectivity index (χ0n) is 15.3. The molecular weight excluding hydrogens is 453 g/mol. The highest BCUT2D eigenvalue weighted by atomic mass is 35.5. The molecule has 0 saturated carbocycles. The molecule has 12 heteroatoms. The van der Waals surface area contributed by atoms with E-state index >= 15 is 0 Å². The predicted molar refractivity (Wildman–Crippen MR) is 101 cm³/mol. The third kappa shape index (κ3) is 4.42. The van der Waals surface area contributed by atoms with Crippen molar-refractivity contribution in [2.45, 2.75) is 30.5 Å². The normalized spacial score (nSPS) is 13.9. The lowest BCUT2D eigenvalue weighted by molar-refractivity contribution is -0.139. The number of benzene rings is 2. The van der Waals surface area contributed by atoms with Crippen LogP contribution in [0.3, 0.4) is 0 Å². The summed E-state index contributed by atoms with van der Waals surface area (Å²) in [6, 6.07) is 8.41. The fourth-order valence-corrected chi connectivity index (χ4v) is 4.49. The van der Waals surface area contributed by atoms with E-state index in [1.54, 1.807) is 12.1 Å². The van der Waals surface area contributed by atoms with E-state index < -0.39 is 45.7 Å². The Bertz CT molecular complexity index is 1180. The maximum Gasteiger partial charge on any atom is 0.417 e. The lowest BCUT2D eigenvalue weighted by Gasteiger charge is -2.17. The van der Waals surface area contributed by atoms with Gasteiger partial charge in [-0.25, -0.2) is 18.1 Å². The van der Waals surface area contributed by atoms with Gasteiger partial charge in [0.1, 0.15) is 5.82 Å². The van der Waals surface area contributed by atoms with E-state index in [1.165, 1.54) is 19.1 Å². The minimum atomic E-state index is -4.95. The molecular formula is C18H15ClF5N3O2S. The number of para-hydroxylation sites is 2. The zero-order valence-corrected chi connectivity index (χ0v) is 16.9. The van der Waals surface area contributed by atoms with Crippen LogP contribution in [-0.4, -0.2) is 24.5 Å². The van der Waals surface area contributed by atoms with E-state index in [0.29, 0.717) is 16.2 Å². The SMILES string of the molecule is C[C@@H](CNS(=O)(=O)c1ccc(Cl)cc1C(F)(F)F)c1nc2ccccc2n1C(F)F. The monoisotopic (exact) mass is 467 g/mol. The van der Waals surface area contributed by atoms with E-state index in [9.17, 15) is 30.4 Å². The maximum absolute atomic E-state index is 13.6. The summed E-state index contributed by atoms with van der Waals surface area (Å²) in [4.78, 5) is 3.12. The minimum Gasteiger partial charge on any atom is -0.270 e. The molecule has 2 aromatic carbocycles. The lowest BCUT2D eigenvalue weighted by Crippen LogP contribution is -2.30. The topological polar surface area (TPSA) is 64.0 Å². The number of halogens is 6. The van der Waals surface area contributed by atoms with Crippen LogP contribution in [0.5, 0.6) is 0 Å². The highest BCUT2D eigenvalue weighted by Gasteiger charge is 2.37. The van der Waals surface area contributed by atoms with Crippen molar-refractivity contribution in [3.63, 3.8) is 0 Å². The van der Waals surface area contributed by atoms with E-state index in [-0.39, 0.29) is 16.4 Å². The third-order valence-electron chi connectivity index (χ3n) is 4.38. The second-order valence-corrected chi connectivity index (χ2v) is 8.67. The molecule has 0 aliphatic rings. The molecule has 162 valence electrons. The summed E-state index contributed by atoms with van der Waals surface area (Å²) >= 11 is 5.57. The van der Waals surface area contributed by atoms with Gasteiger partial charge in [0.2, 0.25) is 10.0 Å².